The van der Waals surface area contributed by atoms with Crippen LogP contribution >= 0.6 is 0 Å². The van der Waals surface area contributed by atoms with Crippen LogP contribution < -0.4 is 11.1 Å². The summed E-state index contributed by atoms with van der Waals surface area (Å²) in [5, 5.41) is 13.6. The monoisotopic (exact) mass is 500 g/mol. The van der Waals surface area contributed by atoms with Gasteiger partial charge in [-0.2, -0.15) is 4.98 Å². The number of likely N-dealkylation sites (tertiary alicyclic amines) is 1. The lowest BCUT2D eigenvalue weighted by atomic mass is 9.84. The average molecular weight is 501 g/mol. The largest absolute Gasteiger partial charge is 0.507 e. The molecular weight excluding hydrogens is 464 g/mol. The number of fused-ring (bicyclic) bond motifs is 1. The molecule has 8 nitrogen and oxygen atoms in total. The van der Waals surface area contributed by atoms with Gasteiger partial charge in [-0.25, -0.2) is 4.98 Å². The lowest BCUT2D eigenvalue weighted by Crippen LogP contribution is -2.52. The first kappa shape index (κ1) is 24.2. The molecule has 2 aliphatic heterocycles. The summed E-state index contributed by atoms with van der Waals surface area (Å²) in [6, 6.07) is 7.84. The van der Waals surface area contributed by atoms with Crippen molar-refractivity contribution in [1.82, 2.24) is 24.6 Å². The molecule has 1 aliphatic carbocycles. The van der Waals surface area contributed by atoms with Crippen LogP contribution in [0.25, 0.3) is 17.0 Å². The number of ether oxygens (including phenoxy) is 1. The van der Waals surface area contributed by atoms with Gasteiger partial charge in [0.05, 0.1) is 23.5 Å². The molecule has 4 heterocycles. The van der Waals surface area contributed by atoms with Crippen molar-refractivity contribution in [3.63, 3.8) is 0 Å². The minimum Gasteiger partial charge on any atom is -0.507 e. The van der Waals surface area contributed by atoms with Crippen LogP contribution in [0.4, 0.5) is 5.82 Å². The number of nitrogens with one attached hydrogen (secondary N) is 1. The zero-order valence-electron chi connectivity index (χ0n) is 21.3. The molecule has 2 aromatic heterocycles. The SMILES string of the molecule is Nc1nc2nc(-c3ccccc3O)cn2cc1C#CCC1CCN(C2CC(OC3CCNCC3)C2)CC1. The van der Waals surface area contributed by atoms with Crippen LogP contribution in [0, 0.1) is 17.8 Å². The van der Waals surface area contributed by atoms with Crippen molar-refractivity contribution >= 4 is 11.6 Å². The third-order valence-electron chi connectivity index (χ3n) is 8.18. The number of imidazole rings is 1. The van der Waals surface area contributed by atoms with Gasteiger partial charge in [0.1, 0.15) is 11.6 Å². The van der Waals surface area contributed by atoms with E-state index < -0.39 is 0 Å². The van der Waals surface area contributed by atoms with Crippen molar-refractivity contribution in [1.29, 1.82) is 0 Å². The van der Waals surface area contributed by atoms with Crippen LogP contribution in [0.15, 0.2) is 36.7 Å². The summed E-state index contributed by atoms with van der Waals surface area (Å²) in [6.45, 7) is 4.52. The molecule has 0 bridgehead atoms. The first-order valence-corrected chi connectivity index (χ1v) is 13.6. The number of anilines is 1. The van der Waals surface area contributed by atoms with E-state index in [-0.39, 0.29) is 5.75 Å². The topological polar surface area (TPSA) is 101 Å². The Labute approximate surface area is 218 Å². The van der Waals surface area contributed by atoms with Crippen LogP contribution in [-0.4, -0.2) is 68.8 Å². The van der Waals surface area contributed by atoms with Crippen molar-refractivity contribution in [2.24, 2.45) is 5.92 Å². The molecule has 0 radical (unpaired) electrons. The number of phenolic OH excluding ortho intramolecular Hbond substituents is 1. The highest BCUT2D eigenvalue weighted by atomic mass is 16.5. The number of nitrogen functional groups attached to an aromatic ring is 1. The van der Waals surface area contributed by atoms with E-state index in [2.05, 4.69) is 32.0 Å². The van der Waals surface area contributed by atoms with Gasteiger partial charge in [0.25, 0.3) is 0 Å². The van der Waals surface area contributed by atoms with Gasteiger partial charge in [-0.1, -0.05) is 24.0 Å². The van der Waals surface area contributed by atoms with Gasteiger partial charge < -0.3 is 25.8 Å². The number of aromatic nitrogens is 3. The Bertz CT molecular complexity index is 1290. The molecule has 0 unspecified atom stereocenters. The minimum atomic E-state index is 0.188. The number of benzene rings is 1. The maximum absolute atomic E-state index is 10.1. The molecule has 3 fully saturated rings. The van der Waals surface area contributed by atoms with E-state index in [9.17, 15) is 5.11 Å². The van der Waals surface area contributed by atoms with E-state index in [4.69, 9.17) is 10.5 Å². The summed E-state index contributed by atoms with van der Waals surface area (Å²) in [6.07, 6.45) is 12.6. The number of phenols is 1. The third kappa shape index (κ3) is 5.45. The highest BCUT2D eigenvalue weighted by Gasteiger charge is 2.37. The molecule has 0 spiro atoms. The molecule has 37 heavy (non-hydrogen) atoms. The predicted octanol–water partition coefficient (Wildman–Crippen LogP) is 3.44. The van der Waals surface area contributed by atoms with E-state index in [1.54, 1.807) is 12.1 Å². The van der Waals surface area contributed by atoms with Gasteiger partial charge in [0.15, 0.2) is 0 Å². The molecule has 1 saturated carbocycles. The summed E-state index contributed by atoms with van der Waals surface area (Å²) in [5.41, 5.74) is 8.21. The summed E-state index contributed by atoms with van der Waals surface area (Å²) >= 11 is 0. The summed E-state index contributed by atoms with van der Waals surface area (Å²) < 4.78 is 8.13. The highest BCUT2D eigenvalue weighted by Crippen LogP contribution is 2.33. The van der Waals surface area contributed by atoms with E-state index in [0.717, 1.165) is 45.4 Å². The second kappa shape index (κ2) is 10.7. The van der Waals surface area contributed by atoms with Crippen molar-refractivity contribution in [3.05, 3.63) is 42.2 Å². The van der Waals surface area contributed by atoms with Crippen molar-refractivity contribution in [2.45, 2.75) is 63.2 Å². The average Bonchev–Trinajstić information content (AvgIpc) is 3.30. The Morgan fingerprint density at radius 2 is 1.81 bits per heavy atom. The molecule has 3 aromatic rings. The van der Waals surface area contributed by atoms with Crippen LogP contribution in [0.3, 0.4) is 0 Å². The lowest BCUT2D eigenvalue weighted by Gasteiger charge is -2.46. The number of nitrogens with zero attached hydrogens (tertiary/aromatic N) is 4. The smallest absolute Gasteiger partial charge is 0.236 e. The zero-order chi connectivity index (χ0) is 25.2. The number of aromatic hydroxyl groups is 1. The number of hydrogen-bond donors (Lipinski definition) is 3. The first-order valence-electron chi connectivity index (χ1n) is 13.6. The Morgan fingerprint density at radius 1 is 1.03 bits per heavy atom. The molecule has 6 rings (SSSR count). The Morgan fingerprint density at radius 3 is 2.59 bits per heavy atom. The van der Waals surface area contributed by atoms with Crippen LogP contribution in [-0.2, 0) is 4.74 Å². The molecule has 194 valence electrons. The Balaban J connectivity index is 1.000. The van der Waals surface area contributed by atoms with Crippen molar-refractivity contribution in [2.75, 3.05) is 31.9 Å². The maximum Gasteiger partial charge on any atom is 0.236 e. The van der Waals surface area contributed by atoms with Crippen molar-refractivity contribution < 1.29 is 9.84 Å². The number of rotatable bonds is 5. The molecule has 2 saturated heterocycles. The van der Waals surface area contributed by atoms with Gasteiger partial charge in [-0.15, -0.1) is 0 Å². The lowest BCUT2D eigenvalue weighted by molar-refractivity contribution is -0.0991. The molecular formula is C29H36N6O2. The van der Waals surface area contributed by atoms with Crippen LogP contribution in [0.1, 0.15) is 50.5 Å². The molecule has 4 N–H and O–H groups in total. The fourth-order valence-corrected chi connectivity index (χ4v) is 5.81. The zero-order valence-corrected chi connectivity index (χ0v) is 21.3. The number of piperidine rings is 2. The first-order chi connectivity index (χ1) is 18.1. The Kier molecular flexibility index (Phi) is 7.01. The normalized spacial score (nSPS) is 23.5. The summed E-state index contributed by atoms with van der Waals surface area (Å²) in [4.78, 5) is 11.6. The molecule has 3 aliphatic rings. The van der Waals surface area contributed by atoms with E-state index in [0.29, 0.717) is 52.6 Å². The minimum absolute atomic E-state index is 0.188. The Hall–Kier alpha value is -3.12. The second-order valence-corrected chi connectivity index (χ2v) is 10.7. The predicted molar refractivity (Wildman–Crippen MR) is 144 cm³/mol. The number of hydrogen-bond acceptors (Lipinski definition) is 7. The second-order valence-electron chi connectivity index (χ2n) is 10.7. The fourth-order valence-electron chi connectivity index (χ4n) is 5.81. The standard InChI is InChI=1S/C29H36N6O2/c30-28-21(18-35-19-26(32-29(35)33-28)25-6-1-2-7-27(25)36)5-3-4-20-10-14-34(15-11-20)22-16-24(17-22)37-23-8-12-31-13-9-23/h1-2,6-7,18-20,22-24,31,36H,4,8-17H2,(H2,30,32,33). The van der Waals surface area contributed by atoms with Gasteiger partial charge in [-0.3, -0.25) is 4.40 Å². The number of para-hydroxylation sites is 1. The van der Waals surface area contributed by atoms with E-state index in [1.165, 1.54) is 25.7 Å². The van der Waals surface area contributed by atoms with E-state index >= 15 is 0 Å². The number of nitrogens with two attached hydrogens (primary N) is 1. The quantitative estimate of drug-likeness (QED) is 0.462. The molecule has 1 aromatic carbocycles. The van der Waals surface area contributed by atoms with Gasteiger partial charge in [0, 0.05) is 30.4 Å². The van der Waals surface area contributed by atoms with E-state index in [1.807, 2.05) is 28.9 Å². The maximum atomic E-state index is 10.1. The van der Waals surface area contributed by atoms with Crippen LogP contribution in [0.2, 0.25) is 0 Å². The van der Waals surface area contributed by atoms with Crippen molar-refractivity contribution in [3.8, 4) is 28.8 Å². The van der Waals surface area contributed by atoms with Gasteiger partial charge in [0.2, 0.25) is 5.78 Å². The fraction of sp³-hybridized carbons (Fsp3) is 0.517. The molecule has 0 atom stereocenters. The third-order valence-corrected chi connectivity index (χ3v) is 8.18. The van der Waals surface area contributed by atoms with Gasteiger partial charge >= 0.3 is 0 Å². The van der Waals surface area contributed by atoms with Gasteiger partial charge in [-0.05, 0) is 82.8 Å². The molecule has 0 amide bonds. The van der Waals surface area contributed by atoms with Crippen LogP contribution in [0.5, 0.6) is 5.75 Å². The summed E-state index contributed by atoms with van der Waals surface area (Å²) in [5.74, 6) is 8.30. The highest BCUT2D eigenvalue weighted by molar-refractivity contribution is 5.68. The summed E-state index contributed by atoms with van der Waals surface area (Å²) in [7, 11) is 0. The molecule has 8 heteroatoms.